The summed E-state index contributed by atoms with van der Waals surface area (Å²) in [5, 5.41) is 7.77. The molecule has 1 unspecified atom stereocenters. The van der Waals surface area contributed by atoms with Gasteiger partial charge in [0.25, 0.3) is 5.91 Å². The van der Waals surface area contributed by atoms with Crippen LogP contribution in [-0.4, -0.2) is 37.9 Å². The molecule has 3 amide bonds. The number of amides is 3. The molecule has 5 N–H and O–H groups in total. The molecule has 3 aromatic rings. The number of nitrogens with one attached hydrogen (secondary N) is 3. The predicted octanol–water partition coefficient (Wildman–Crippen LogP) is 5.88. The molecule has 42 heavy (non-hydrogen) atoms. The zero-order valence-electron chi connectivity index (χ0n) is 26.7. The third-order valence-corrected chi connectivity index (χ3v) is 5.07. The zero-order chi connectivity index (χ0) is 32.2. The van der Waals surface area contributed by atoms with Gasteiger partial charge in [0.05, 0.1) is 0 Å². The van der Waals surface area contributed by atoms with Gasteiger partial charge in [-0.3, -0.25) is 14.4 Å². The lowest BCUT2D eigenvalue weighted by Crippen LogP contribution is -2.38. The molecule has 0 aliphatic carbocycles. The van der Waals surface area contributed by atoms with Crippen LogP contribution in [0.1, 0.15) is 62.4 Å². The standard InChI is InChI=1S/C19H20N2O2.C9H12.C3H8N2O.2C2H6/c1-15(12-16-8-4-2-5-9-16)21-19(23)18(20-14-22)13-17-10-6-3-7-11-17;1-7-4-8(2)6-9(3)5-7;4-1-2-5-3-6;2*1-2/h2-11,13-15H,12H2,1H3,(H,20,22)(H,21,23);4-6H,1-3H3;3H,1-2,4H2,(H,5,6);2*1-2H3/b18-13+;;;;. The normalized spacial score (nSPS) is 10.2. The fourth-order valence-corrected chi connectivity index (χ4v) is 3.62. The number of hydrogen-bond acceptors (Lipinski definition) is 4. The Bertz CT molecular complexity index is 1080. The molecule has 0 saturated carbocycles. The molecule has 0 bridgehead atoms. The van der Waals surface area contributed by atoms with Gasteiger partial charge in [0, 0.05) is 19.1 Å². The molecule has 7 heteroatoms. The minimum atomic E-state index is -0.301. The molecule has 0 aliphatic heterocycles. The molecule has 0 saturated heterocycles. The molecule has 0 spiro atoms. The average molecular weight is 577 g/mol. The van der Waals surface area contributed by atoms with E-state index < -0.39 is 0 Å². The zero-order valence-corrected chi connectivity index (χ0v) is 26.7. The van der Waals surface area contributed by atoms with Gasteiger partial charge in [-0.15, -0.1) is 0 Å². The van der Waals surface area contributed by atoms with Crippen LogP contribution in [0.15, 0.2) is 84.6 Å². The van der Waals surface area contributed by atoms with Crippen molar-refractivity contribution in [3.63, 3.8) is 0 Å². The van der Waals surface area contributed by atoms with Gasteiger partial charge in [0.2, 0.25) is 12.8 Å². The maximum atomic E-state index is 12.3. The van der Waals surface area contributed by atoms with E-state index in [1.54, 1.807) is 6.08 Å². The summed E-state index contributed by atoms with van der Waals surface area (Å²) < 4.78 is 0. The first-order valence-corrected chi connectivity index (χ1v) is 14.5. The van der Waals surface area contributed by atoms with Crippen molar-refractivity contribution in [3.05, 3.63) is 112 Å². The molecule has 230 valence electrons. The van der Waals surface area contributed by atoms with Gasteiger partial charge >= 0.3 is 0 Å². The van der Waals surface area contributed by atoms with Gasteiger partial charge in [0.15, 0.2) is 0 Å². The lowest BCUT2D eigenvalue weighted by atomic mass is 10.1. The van der Waals surface area contributed by atoms with Crippen molar-refractivity contribution < 1.29 is 14.4 Å². The summed E-state index contributed by atoms with van der Waals surface area (Å²) >= 11 is 0. The maximum Gasteiger partial charge on any atom is 0.268 e. The summed E-state index contributed by atoms with van der Waals surface area (Å²) in [5.41, 5.74) is 11.3. The van der Waals surface area contributed by atoms with Crippen LogP contribution in [0.25, 0.3) is 6.08 Å². The topological polar surface area (TPSA) is 113 Å². The van der Waals surface area contributed by atoms with Crippen molar-refractivity contribution in [1.82, 2.24) is 16.0 Å². The summed E-state index contributed by atoms with van der Waals surface area (Å²) in [7, 11) is 0. The van der Waals surface area contributed by atoms with Gasteiger partial charge in [0.1, 0.15) is 5.70 Å². The highest BCUT2D eigenvalue weighted by atomic mass is 16.2. The second kappa shape index (κ2) is 27.0. The summed E-state index contributed by atoms with van der Waals surface area (Å²) in [6.45, 7) is 17.4. The lowest BCUT2D eigenvalue weighted by Gasteiger charge is -2.15. The third kappa shape index (κ3) is 20.6. The van der Waals surface area contributed by atoms with Crippen LogP contribution in [0.4, 0.5) is 0 Å². The smallest absolute Gasteiger partial charge is 0.268 e. The molecule has 0 aliphatic rings. The highest BCUT2D eigenvalue weighted by Crippen LogP contribution is 2.07. The summed E-state index contributed by atoms with van der Waals surface area (Å²) in [6.07, 6.45) is 3.52. The first-order chi connectivity index (χ1) is 20.3. The van der Waals surface area contributed by atoms with Gasteiger partial charge in [-0.25, -0.2) is 0 Å². The first kappa shape index (κ1) is 39.9. The van der Waals surface area contributed by atoms with Crippen molar-refractivity contribution >= 4 is 24.8 Å². The lowest BCUT2D eigenvalue weighted by molar-refractivity contribution is -0.119. The number of benzene rings is 3. The van der Waals surface area contributed by atoms with Gasteiger partial charge in [-0.2, -0.15) is 0 Å². The Morgan fingerprint density at radius 3 is 1.67 bits per heavy atom. The van der Waals surface area contributed by atoms with E-state index in [1.807, 2.05) is 95.3 Å². The minimum Gasteiger partial charge on any atom is -0.357 e. The van der Waals surface area contributed by atoms with E-state index in [0.717, 1.165) is 17.5 Å². The fourth-order valence-electron chi connectivity index (χ4n) is 3.62. The number of aryl methyl sites for hydroxylation is 3. The Morgan fingerprint density at radius 1 is 0.786 bits per heavy atom. The van der Waals surface area contributed by atoms with Crippen molar-refractivity contribution in [2.45, 2.75) is 67.9 Å². The van der Waals surface area contributed by atoms with Gasteiger partial charge in [-0.1, -0.05) is 123 Å². The van der Waals surface area contributed by atoms with Crippen LogP contribution < -0.4 is 21.7 Å². The Hall–Kier alpha value is -4.23. The van der Waals surface area contributed by atoms with E-state index in [-0.39, 0.29) is 17.6 Å². The van der Waals surface area contributed by atoms with Crippen molar-refractivity contribution in [1.29, 1.82) is 0 Å². The molecule has 3 aromatic carbocycles. The number of hydrogen-bond donors (Lipinski definition) is 4. The molecular weight excluding hydrogens is 524 g/mol. The molecule has 0 heterocycles. The quantitative estimate of drug-likeness (QED) is 0.137. The van der Waals surface area contributed by atoms with Gasteiger partial charge in [-0.05, 0) is 51.3 Å². The predicted molar refractivity (Wildman–Crippen MR) is 178 cm³/mol. The first-order valence-electron chi connectivity index (χ1n) is 14.5. The summed E-state index contributed by atoms with van der Waals surface area (Å²) in [6, 6.07) is 25.8. The maximum absolute atomic E-state index is 12.3. The van der Waals surface area contributed by atoms with Crippen LogP contribution >= 0.6 is 0 Å². The SMILES string of the molecule is CC.CC.CC(Cc1ccccc1)NC(=O)/C(=C\c1ccccc1)NC=O.Cc1cc(C)cc(C)c1.NCCNC=O. The van der Waals surface area contributed by atoms with Crippen molar-refractivity contribution in [2.75, 3.05) is 13.1 Å². The van der Waals surface area contributed by atoms with Crippen LogP contribution in [0.5, 0.6) is 0 Å². The largest absolute Gasteiger partial charge is 0.357 e. The highest BCUT2D eigenvalue weighted by Gasteiger charge is 2.13. The Kier molecular flexibility index (Phi) is 25.6. The molecule has 7 nitrogen and oxygen atoms in total. The number of nitrogens with two attached hydrogens (primary N) is 1. The van der Waals surface area contributed by atoms with E-state index in [1.165, 1.54) is 16.7 Å². The van der Waals surface area contributed by atoms with Crippen molar-refractivity contribution in [2.24, 2.45) is 5.73 Å². The van der Waals surface area contributed by atoms with Crippen molar-refractivity contribution in [3.8, 4) is 0 Å². The Labute approximate surface area is 254 Å². The van der Waals surface area contributed by atoms with Crippen LogP contribution in [0.2, 0.25) is 0 Å². The van der Waals surface area contributed by atoms with Crippen LogP contribution in [0, 0.1) is 20.8 Å². The molecule has 0 fully saturated rings. The van der Waals surface area contributed by atoms with Crippen LogP contribution in [-0.2, 0) is 20.8 Å². The molecule has 1 atom stereocenters. The second-order valence-corrected chi connectivity index (χ2v) is 8.82. The molecule has 0 radical (unpaired) electrons. The Balaban J connectivity index is 0. The molecule has 0 aromatic heterocycles. The van der Waals surface area contributed by atoms with E-state index in [4.69, 9.17) is 5.73 Å². The van der Waals surface area contributed by atoms with Crippen LogP contribution in [0.3, 0.4) is 0 Å². The van der Waals surface area contributed by atoms with E-state index >= 15 is 0 Å². The monoisotopic (exact) mass is 576 g/mol. The summed E-state index contributed by atoms with van der Waals surface area (Å²) in [5.74, 6) is -0.301. The van der Waals surface area contributed by atoms with E-state index in [0.29, 0.717) is 25.9 Å². The molecular formula is C35H52N4O3. The third-order valence-electron chi connectivity index (χ3n) is 5.07. The number of carbonyl (C=O) groups is 3. The number of rotatable bonds is 10. The number of carbonyl (C=O) groups excluding carboxylic acids is 3. The minimum absolute atomic E-state index is 0.0440. The average Bonchev–Trinajstić information content (AvgIpc) is 2.99. The van der Waals surface area contributed by atoms with E-state index in [2.05, 4.69) is 54.9 Å². The van der Waals surface area contributed by atoms with Gasteiger partial charge < -0.3 is 21.7 Å². The Morgan fingerprint density at radius 2 is 1.26 bits per heavy atom. The second-order valence-electron chi connectivity index (χ2n) is 8.82. The molecule has 3 rings (SSSR count). The summed E-state index contributed by atoms with van der Waals surface area (Å²) in [4.78, 5) is 32.5. The van der Waals surface area contributed by atoms with E-state index in [9.17, 15) is 14.4 Å². The fraction of sp³-hybridized carbons (Fsp3) is 0.343. The highest BCUT2D eigenvalue weighted by molar-refractivity contribution is 5.99.